The lowest BCUT2D eigenvalue weighted by atomic mass is 10.1. The summed E-state index contributed by atoms with van der Waals surface area (Å²) in [6.07, 6.45) is 0. The van der Waals surface area contributed by atoms with E-state index in [9.17, 15) is 0 Å². The fourth-order valence-corrected chi connectivity index (χ4v) is 2.62. The van der Waals surface area contributed by atoms with Crippen molar-refractivity contribution in [3.8, 4) is 11.5 Å². The van der Waals surface area contributed by atoms with Crippen LogP contribution < -0.4 is 15.2 Å². The van der Waals surface area contributed by atoms with Crippen molar-refractivity contribution >= 4 is 17.4 Å². The molecule has 6 nitrogen and oxygen atoms in total. The largest absolute Gasteiger partial charge is 0.454 e. The Morgan fingerprint density at radius 3 is 2.95 bits per heavy atom. The average molecular weight is 295 g/mol. The van der Waals surface area contributed by atoms with E-state index >= 15 is 0 Å². The Balaban J connectivity index is 1.94. The highest BCUT2D eigenvalue weighted by molar-refractivity contribution is 6.32. The van der Waals surface area contributed by atoms with Gasteiger partial charge >= 0.3 is 0 Å². The molecule has 2 N–H and O–H groups in total. The highest BCUT2D eigenvalue weighted by atomic mass is 35.5. The zero-order valence-corrected chi connectivity index (χ0v) is 12.0. The number of aromatic nitrogens is 3. The average Bonchev–Trinajstić information content (AvgIpc) is 2.96. The molecule has 0 fully saturated rings. The van der Waals surface area contributed by atoms with Gasteiger partial charge in [0.05, 0.1) is 17.3 Å². The maximum Gasteiger partial charge on any atom is 0.231 e. The Morgan fingerprint density at radius 1 is 1.40 bits per heavy atom. The van der Waals surface area contributed by atoms with Gasteiger partial charge in [-0.05, 0) is 23.6 Å². The Morgan fingerprint density at radius 2 is 2.20 bits per heavy atom. The first kappa shape index (κ1) is 13.1. The molecule has 0 unspecified atom stereocenters. The van der Waals surface area contributed by atoms with E-state index in [2.05, 4.69) is 24.2 Å². The van der Waals surface area contributed by atoms with Gasteiger partial charge in [0.1, 0.15) is 0 Å². The van der Waals surface area contributed by atoms with Crippen LogP contribution in [0.4, 0.5) is 5.82 Å². The molecule has 1 aromatic heterocycles. The van der Waals surface area contributed by atoms with Crippen molar-refractivity contribution in [2.24, 2.45) is 0 Å². The van der Waals surface area contributed by atoms with Crippen molar-refractivity contribution in [2.75, 3.05) is 12.5 Å². The molecule has 0 saturated heterocycles. The molecule has 0 bridgehead atoms. The molecule has 0 amide bonds. The smallest absolute Gasteiger partial charge is 0.231 e. The van der Waals surface area contributed by atoms with E-state index in [0.717, 1.165) is 11.3 Å². The van der Waals surface area contributed by atoms with E-state index in [4.69, 9.17) is 26.8 Å². The summed E-state index contributed by atoms with van der Waals surface area (Å²) in [5.41, 5.74) is 7.73. The fourth-order valence-electron chi connectivity index (χ4n) is 2.33. The van der Waals surface area contributed by atoms with Crippen molar-refractivity contribution in [3.05, 3.63) is 28.4 Å². The van der Waals surface area contributed by atoms with Crippen LogP contribution in [0.25, 0.3) is 0 Å². The van der Waals surface area contributed by atoms with Gasteiger partial charge in [0.2, 0.25) is 6.79 Å². The molecule has 0 atom stereocenters. The summed E-state index contributed by atoms with van der Waals surface area (Å²) < 4.78 is 12.4. The molecule has 20 heavy (non-hydrogen) atoms. The molecular formula is C13H15ClN4O2. The number of nitrogen functional groups attached to an aromatic ring is 1. The van der Waals surface area contributed by atoms with Gasteiger partial charge < -0.3 is 15.2 Å². The zero-order valence-electron chi connectivity index (χ0n) is 11.3. The summed E-state index contributed by atoms with van der Waals surface area (Å²) >= 11 is 6.17. The van der Waals surface area contributed by atoms with Crippen molar-refractivity contribution in [2.45, 2.75) is 26.3 Å². The van der Waals surface area contributed by atoms with E-state index < -0.39 is 0 Å². The Labute approximate surface area is 121 Å². The zero-order chi connectivity index (χ0) is 14.3. The first-order chi connectivity index (χ1) is 9.56. The Bertz CT molecular complexity index is 654. The summed E-state index contributed by atoms with van der Waals surface area (Å²) in [6.45, 7) is 4.84. The van der Waals surface area contributed by atoms with Crippen molar-refractivity contribution < 1.29 is 9.47 Å². The molecule has 0 radical (unpaired) electrons. The minimum absolute atomic E-state index is 0.200. The van der Waals surface area contributed by atoms with Crippen LogP contribution >= 0.6 is 11.6 Å². The quantitative estimate of drug-likeness (QED) is 0.941. The predicted molar refractivity (Wildman–Crippen MR) is 75.2 cm³/mol. The van der Waals surface area contributed by atoms with Crippen LogP contribution in [0.1, 0.15) is 31.0 Å². The van der Waals surface area contributed by atoms with Gasteiger partial charge in [0, 0.05) is 0 Å². The molecule has 7 heteroatoms. The molecule has 0 spiro atoms. The molecule has 1 aliphatic rings. The summed E-state index contributed by atoms with van der Waals surface area (Å²) in [5, 5.41) is 8.55. The Hall–Kier alpha value is -1.95. The standard InChI is InChI=1S/C13H15ClN4O2/c1-7(2)11-13(15)16-17-18(11)5-8-3-9(14)12-10(4-8)19-6-20-12/h3-4,7H,5-6,15H2,1-2H3. The normalized spacial score (nSPS) is 13.2. The van der Waals surface area contributed by atoms with Gasteiger partial charge in [-0.15, -0.1) is 5.10 Å². The van der Waals surface area contributed by atoms with Gasteiger partial charge in [-0.3, -0.25) is 0 Å². The Kier molecular flexibility index (Phi) is 3.17. The van der Waals surface area contributed by atoms with Gasteiger partial charge in [0.15, 0.2) is 17.3 Å². The summed E-state index contributed by atoms with van der Waals surface area (Å²) in [4.78, 5) is 0. The van der Waals surface area contributed by atoms with Crippen LogP contribution in [0.3, 0.4) is 0 Å². The van der Waals surface area contributed by atoms with Crippen LogP contribution in [0.15, 0.2) is 12.1 Å². The van der Waals surface area contributed by atoms with Gasteiger partial charge in [-0.1, -0.05) is 30.7 Å². The monoisotopic (exact) mass is 294 g/mol. The SMILES string of the molecule is CC(C)c1c(N)nnn1Cc1cc(Cl)c2c(c1)OCO2. The van der Waals surface area contributed by atoms with E-state index in [-0.39, 0.29) is 12.7 Å². The number of nitrogens with zero attached hydrogens (tertiary/aromatic N) is 3. The van der Waals surface area contributed by atoms with Gasteiger partial charge in [-0.2, -0.15) is 0 Å². The lowest BCUT2D eigenvalue weighted by Gasteiger charge is -2.10. The highest BCUT2D eigenvalue weighted by Crippen LogP contribution is 2.40. The highest BCUT2D eigenvalue weighted by Gasteiger charge is 2.20. The van der Waals surface area contributed by atoms with Crippen LogP contribution in [0.5, 0.6) is 11.5 Å². The van der Waals surface area contributed by atoms with Gasteiger partial charge in [-0.25, -0.2) is 4.68 Å². The number of benzene rings is 1. The molecule has 2 aromatic rings. The minimum atomic E-state index is 0.200. The van der Waals surface area contributed by atoms with Crippen LogP contribution in [-0.4, -0.2) is 21.8 Å². The summed E-state index contributed by atoms with van der Waals surface area (Å²) in [5.74, 6) is 1.96. The van der Waals surface area contributed by atoms with Crippen LogP contribution in [0, 0.1) is 0 Å². The number of rotatable bonds is 3. The van der Waals surface area contributed by atoms with E-state index in [1.165, 1.54) is 0 Å². The number of nitrogens with two attached hydrogens (primary N) is 1. The number of halogens is 1. The second-order valence-corrected chi connectivity index (χ2v) is 5.39. The summed E-state index contributed by atoms with van der Waals surface area (Å²) in [7, 11) is 0. The number of hydrogen-bond donors (Lipinski definition) is 1. The molecular weight excluding hydrogens is 280 g/mol. The molecule has 3 rings (SSSR count). The summed E-state index contributed by atoms with van der Waals surface area (Å²) in [6, 6.07) is 3.74. The molecule has 0 saturated carbocycles. The first-order valence-corrected chi connectivity index (χ1v) is 6.71. The van der Waals surface area contributed by atoms with E-state index in [0.29, 0.717) is 28.9 Å². The number of anilines is 1. The second-order valence-electron chi connectivity index (χ2n) is 4.98. The van der Waals surface area contributed by atoms with E-state index in [1.807, 2.05) is 12.1 Å². The number of ether oxygens (including phenoxy) is 2. The third-order valence-electron chi connectivity index (χ3n) is 3.17. The van der Waals surface area contributed by atoms with E-state index in [1.54, 1.807) is 4.68 Å². The van der Waals surface area contributed by atoms with Crippen LogP contribution in [0.2, 0.25) is 5.02 Å². The maximum absolute atomic E-state index is 6.17. The molecule has 0 aliphatic carbocycles. The second kappa shape index (κ2) is 4.86. The molecule has 1 aromatic carbocycles. The number of fused-ring (bicyclic) bond motifs is 1. The lowest BCUT2D eigenvalue weighted by molar-refractivity contribution is 0.174. The topological polar surface area (TPSA) is 75.2 Å². The first-order valence-electron chi connectivity index (χ1n) is 6.33. The fraction of sp³-hybridized carbons (Fsp3) is 0.385. The molecule has 106 valence electrons. The van der Waals surface area contributed by atoms with Crippen molar-refractivity contribution in [1.82, 2.24) is 15.0 Å². The van der Waals surface area contributed by atoms with Gasteiger partial charge in [0.25, 0.3) is 0 Å². The van der Waals surface area contributed by atoms with Crippen molar-refractivity contribution in [3.63, 3.8) is 0 Å². The molecule has 2 heterocycles. The predicted octanol–water partition coefficient (Wildman–Crippen LogP) is 2.41. The molecule has 1 aliphatic heterocycles. The number of hydrogen-bond acceptors (Lipinski definition) is 5. The third-order valence-corrected chi connectivity index (χ3v) is 3.45. The van der Waals surface area contributed by atoms with Crippen molar-refractivity contribution in [1.29, 1.82) is 0 Å². The lowest BCUT2D eigenvalue weighted by Crippen LogP contribution is -2.09. The maximum atomic E-state index is 6.17. The van der Waals surface area contributed by atoms with Crippen LogP contribution in [-0.2, 0) is 6.54 Å². The minimum Gasteiger partial charge on any atom is -0.454 e. The third kappa shape index (κ3) is 2.16.